The molecular formula is C25H25Cl2N3O. The summed E-state index contributed by atoms with van der Waals surface area (Å²) in [5.74, 6) is -0.0779. The zero-order valence-corrected chi connectivity index (χ0v) is 18.9. The monoisotopic (exact) mass is 453 g/mol. The number of nitrogens with zero attached hydrogens (tertiary/aromatic N) is 1. The van der Waals surface area contributed by atoms with Crippen LogP contribution in [0.15, 0.2) is 54.7 Å². The number of carbonyl (C=O) groups is 1. The molecule has 1 aromatic heterocycles. The number of halogens is 2. The minimum Gasteiger partial charge on any atom is -0.320 e. The summed E-state index contributed by atoms with van der Waals surface area (Å²) < 4.78 is 0. The van der Waals surface area contributed by atoms with Crippen molar-refractivity contribution in [3.63, 3.8) is 0 Å². The summed E-state index contributed by atoms with van der Waals surface area (Å²) in [7, 11) is 0. The highest BCUT2D eigenvalue weighted by molar-refractivity contribution is 6.42. The molecule has 31 heavy (non-hydrogen) atoms. The van der Waals surface area contributed by atoms with Crippen LogP contribution in [0, 0.1) is 6.92 Å². The van der Waals surface area contributed by atoms with Crippen molar-refractivity contribution in [1.29, 1.82) is 0 Å². The van der Waals surface area contributed by atoms with E-state index in [0.717, 1.165) is 54.7 Å². The zero-order valence-electron chi connectivity index (χ0n) is 17.4. The number of amides is 1. The van der Waals surface area contributed by atoms with Crippen molar-refractivity contribution in [3.05, 3.63) is 81.6 Å². The van der Waals surface area contributed by atoms with Gasteiger partial charge in [-0.2, -0.15) is 0 Å². The van der Waals surface area contributed by atoms with Crippen molar-refractivity contribution in [3.8, 4) is 11.1 Å². The van der Waals surface area contributed by atoms with Gasteiger partial charge >= 0.3 is 0 Å². The lowest BCUT2D eigenvalue weighted by atomic mass is 9.96. The van der Waals surface area contributed by atoms with Gasteiger partial charge in [0.15, 0.2) is 0 Å². The van der Waals surface area contributed by atoms with Crippen LogP contribution in [0.2, 0.25) is 10.0 Å². The van der Waals surface area contributed by atoms with Gasteiger partial charge in [-0.15, -0.1) is 0 Å². The molecule has 0 spiro atoms. The van der Waals surface area contributed by atoms with E-state index >= 15 is 0 Å². The van der Waals surface area contributed by atoms with Crippen molar-refractivity contribution in [2.75, 3.05) is 18.4 Å². The van der Waals surface area contributed by atoms with Gasteiger partial charge < -0.3 is 10.6 Å². The standard InChI is InChI=1S/C25H25Cl2N3O/c1-16-14-19(26)22(23(27)21(16)17-8-3-2-4-9-17)25(31)30-20-11-7-13-29-24(20)18-10-5-6-12-28-15-18/h2-4,7-9,11,13-14,18,28H,5-6,10,12,15H2,1H3,(H,30,31). The fourth-order valence-corrected chi connectivity index (χ4v) is 5.03. The second-order valence-corrected chi connectivity index (χ2v) is 8.68. The highest BCUT2D eigenvalue weighted by Crippen LogP contribution is 2.38. The smallest absolute Gasteiger partial charge is 0.258 e. The topological polar surface area (TPSA) is 54.0 Å². The lowest BCUT2D eigenvalue weighted by molar-refractivity contribution is 0.102. The molecule has 4 nitrogen and oxygen atoms in total. The second-order valence-electron chi connectivity index (χ2n) is 7.89. The largest absolute Gasteiger partial charge is 0.320 e. The van der Waals surface area contributed by atoms with E-state index in [1.54, 1.807) is 12.3 Å². The van der Waals surface area contributed by atoms with E-state index < -0.39 is 0 Å². The molecule has 0 radical (unpaired) electrons. The Labute approximate surface area is 193 Å². The summed E-state index contributed by atoms with van der Waals surface area (Å²) in [5.41, 5.74) is 4.56. The maximum atomic E-state index is 13.3. The van der Waals surface area contributed by atoms with Crippen LogP contribution in [0.3, 0.4) is 0 Å². The van der Waals surface area contributed by atoms with Gasteiger partial charge in [0, 0.05) is 24.2 Å². The van der Waals surface area contributed by atoms with E-state index in [-0.39, 0.29) is 17.4 Å². The first-order valence-corrected chi connectivity index (χ1v) is 11.3. The Bertz CT molecular complexity index is 1080. The Morgan fingerprint density at radius 1 is 1.13 bits per heavy atom. The molecule has 1 fully saturated rings. The van der Waals surface area contributed by atoms with Crippen LogP contribution in [-0.2, 0) is 0 Å². The molecule has 1 aliphatic rings. The number of aromatic nitrogens is 1. The first-order chi connectivity index (χ1) is 15.1. The molecule has 1 saturated heterocycles. The molecular weight excluding hydrogens is 429 g/mol. The van der Waals surface area contributed by atoms with Crippen LogP contribution in [0.25, 0.3) is 11.1 Å². The maximum absolute atomic E-state index is 13.3. The summed E-state index contributed by atoms with van der Waals surface area (Å²) in [6.07, 6.45) is 5.10. The number of anilines is 1. The van der Waals surface area contributed by atoms with Crippen LogP contribution in [0.5, 0.6) is 0 Å². The second kappa shape index (κ2) is 9.82. The summed E-state index contributed by atoms with van der Waals surface area (Å²) >= 11 is 13.2. The van der Waals surface area contributed by atoms with E-state index in [1.165, 1.54) is 0 Å². The lowest BCUT2D eigenvalue weighted by Gasteiger charge is -2.19. The summed E-state index contributed by atoms with van der Waals surface area (Å²) in [6.45, 7) is 3.81. The van der Waals surface area contributed by atoms with Crippen molar-refractivity contribution in [2.24, 2.45) is 0 Å². The van der Waals surface area contributed by atoms with Crippen molar-refractivity contribution in [1.82, 2.24) is 10.3 Å². The number of hydrogen-bond donors (Lipinski definition) is 2. The Balaban J connectivity index is 1.69. The number of aryl methyl sites for hydroxylation is 1. The third-order valence-corrected chi connectivity index (χ3v) is 6.40. The van der Waals surface area contributed by atoms with Gasteiger partial charge in [0.2, 0.25) is 0 Å². The van der Waals surface area contributed by atoms with Gasteiger partial charge in [-0.05, 0) is 55.6 Å². The van der Waals surface area contributed by atoms with E-state index in [0.29, 0.717) is 15.7 Å². The predicted molar refractivity (Wildman–Crippen MR) is 128 cm³/mol. The van der Waals surface area contributed by atoms with Crippen LogP contribution >= 0.6 is 23.2 Å². The summed E-state index contributed by atoms with van der Waals surface area (Å²) in [4.78, 5) is 17.9. The van der Waals surface area contributed by atoms with Crippen molar-refractivity contribution < 1.29 is 4.79 Å². The van der Waals surface area contributed by atoms with Gasteiger partial charge in [-0.3, -0.25) is 9.78 Å². The molecule has 3 aromatic rings. The summed E-state index contributed by atoms with van der Waals surface area (Å²) in [5, 5.41) is 7.18. The minimum atomic E-state index is -0.331. The van der Waals surface area contributed by atoms with Crippen LogP contribution < -0.4 is 10.6 Å². The summed E-state index contributed by atoms with van der Waals surface area (Å²) in [6, 6.07) is 15.3. The highest BCUT2D eigenvalue weighted by atomic mass is 35.5. The molecule has 0 saturated carbocycles. The SMILES string of the molecule is Cc1cc(Cl)c(C(=O)Nc2cccnc2C2CCCCNC2)c(Cl)c1-c1ccccc1. The molecule has 2 aromatic carbocycles. The number of benzene rings is 2. The third-order valence-electron chi connectivity index (χ3n) is 5.73. The predicted octanol–water partition coefficient (Wildman–Crippen LogP) is 6.47. The first-order valence-electron chi connectivity index (χ1n) is 10.6. The van der Waals surface area contributed by atoms with Crippen molar-refractivity contribution in [2.45, 2.75) is 32.1 Å². The first kappa shape index (κ1) is 21.8. The van der Waals surface area contributed by atoms with Gasteiger partial charge in [0.1, 0.15) is 0 Å². The molecule has 1 atom stereocenters. The molecule has 1 amide bonds. The normalized spacial score (nSPS) is 16.5. The Morgan fingerprint density at radius 2 is 1.94 bits per heavy atom. The maximum Gasteiger partial charge on any atom is 0.258 e. The molecule has 4 rings (SSSR count). The molecule has 160 valence electrons. The number of carbonyl (C=O) groups excluding carboxylic acids is 1. The van der Waals surface area contributed by atoms with Gasteiger partial charge in [-0.1, -0.05) is 60.0 Å². The third kappa shape index (κ3) is 4.77. The molecule has 0 aliphatic carbocycles. The molecule has 6 heteroatoms. The fraction of sp³-hybridized carbons (Fsp3) is 0.280. The van der Waals surface area contributed by atoms with E-state index in [1.807, 2.05) is 49.4 Å². The number of hydrogen-bond acceptors (Lipinski definition) is 3. The number of pyridine rings is 1. The van der Waals surface area contributed by atoms with E-state index in [4.69, 9.17) is 23.2 Å². The van der Waals surface area contributed by atoms with Gasteiger partial charge in [-0.25, -0.2) is 0 Å². The molecule has 0 bridgehead atoms. The number of rotatable bonds is 4. The Morgan fingerprint density at radius 3 is 2.74 bits per heavy atom. The Hall–Kier alpha value is -2.40. The molecule has 1 unspecified atom stereocenters. The quantitative estimate of drug-likeness (QED) is 0.475. The van der Waals surface area contributed by atoms with Gasteiger partial charge in [0.05, 0.1) is 27.0 Å². The number of nitrogens with one attached hydrogen (secondary N) is 2. The Kier molecular flexibility index (Phi) is 6.91. The minimum absolute atomic E-state index is 0.253. The average molecular weight is 454 g/mol. The van der Waals surface area contributed by atoms with Crippen LogP contribution in [-0.4, -0.2) is 24.0 Å². The molecule has 2 N–H and O–H groups in total. The molecule has 1 aliphatic heterocycles. The van der Waals surface area contributed by atoms with Crippen LogP contribution in [0.4, 0.5) is 5.69 Å². The van der Waals surface area contributed by atoms with Crippen LogP contribution in [0.1, 0.15) is 46.8 Å². The fourth-order valence-electron chi connectivity index (χ4n) is 4.19. The van der Waals surface area contributed by atoms with E-state index in [9.17, 15) is 4.79 Å². The molecule has 2 heterocycles. The van der Waals surface area contributed by atoms with E-state index in [2.05, 4.69) is 15.6 Å². The van der Waals surface area contributed by atoms with Gasteiger partial charge in [0.25, 0.3) is 5.91 Å². The highest BCUT2D eigenvalue weighted by Gasteiger charge is 2.24. The zero-order chi connectivity index (χ0) is 21.8. The average Bonchev–Trinajstić information content (AvgIpc) is 3.04. The van der Waals surface area contributed by atoms with Crippen molar-refractivity contribution >= 4 is 34.8 Å². The lowest BCUT2D eigenvalue weighted by Crippen LogP contribution is -2.22.